The van der Waals surface area contributed by atoms with E-state index in [1.165, 1.54) is 40.6 Å². The number of aromatic nitrogens is 4. The Morgan fingerprint density at radius 2 is 1.05 bits per heavy atom. The normalized spacial score (nSPS) is 11.7. The third kappa shape index (κ3) is 3.91. The van der Waals surface area contributed by atoms with Crippen molar-refractivity contribution in [3.05, 3.63) is 133 Å². The largest absolute Gasteiger partial charge is 0.301 e. The van der Waals surface area contributed by atoms with Gasteiger partial charge in [-0.25, -0.2) is 15.0 Å². The fourth-order valence-electron chi connectivity index (χ4n) is 5.88. The van der Waals surface area contributed by atoms with Crippen LogP contribution in [-0.2, 0) is 0 Å². The third-order valence-electron chi connectivity index (χ3n) is 7.87. The first-order valence-electron chi connectivity index (χ1n) is 14.1. The molecule has 0 saturated heterocycles. The smallest absolute Gasteiger partial charge is 0.164 e. The molecule has 5 aromatic carbocycles. The standard InChI is InChI=1S/C37H22N4S2/c1-4-12-23(13-5-1)34-38-35(24-14-6-2-7-15-24)40-36(39-34)25-20-21-29-28(22-25)31-33-32(27-18-10-11-19-30(27)42-33)43-37(31)41(29)26-16-8-3-9-17-26/h1-22H. The van der Waals surface area contributed by atoms with Crippen LogP contribution in [0, 0.1) is 0 Å². The molecular formula is C37H22N4S2. The number of benzene rings is 5. The third-order valence-corrected chi connectivity index (χ3v) is 10.4. The summed E-state index contributed by atoms with van der Waals surface area (Å²) in [4.78, 5) is 16.2. The molecule has 0 N–H and O–H groups in total. The number of nitrogens with zero attached hydrogens (tertiary/aromatic N) is 4. The fraction of sp³-hybridized carbons (Fsp3) is 0. The molecule has 6 heteroatoms. The van der Waals surface area contributed by atoms with E-state index in [0.717, 1.165) is 22.4 Å². The van der Waals surface area contributed by atoms with Gasteiger partial charge in [-0.1, -0.05) is 97.1 Å². The van der Waals surface area contributed by atoms with Crippen molar-refractivity contribution >= 4 is 63.3 Å². The van der Waals surface area contributed by atoms with E-state index in [4.69, 9.17) is 15.0 Å². The van der Waals surface area contributed by atoms with Crippen molar-refractivity contribution in [2.45, 2.75) is 0 Å². The summed E-state index contributed by atoms with van der Waals surface area (Å²) < 4.78 is 6.41. The fourth-order valence-corrected chi connectivity index (χ4v) is 8.70. The molecule has 0 aliphatic heterocycles. The maximum Gasteiger partial charge on any atom is 0.164 e. The molecule has 0 aliphatic rings. The summed E-state index contributed by atoms with van der Waals surface area (Å²) in [6, 6.07) is 46.3. The van der Waals surface area contributed by atoms with Crippen LogP contribution in [0.2, 0.25) is 0 Å². The van der Waals surface area contributed by atoms with Crippen LogP contribution < -0.4 is 0 Å². The van der Waals surface area contributed by atoms with Crippen LogP contribution in [0.3, 0.4) is 0 Å². The first-order chi connectivity index (χ1) is 21.3. The van der Waals surface area contributed by atoms with Gasteiger partial charge < -0.3 is 4.57 Å². The van der Waals surface area contributed by atoms with Crippen molar-refractivity contribution in [1.29, 1.82) is 0 Å². The highest BCUT2D eigenvalue weighted by Crippen LogP contribution is 2.49. The van der Waals surface area contributed by atoms with Gasteiger partial charge in [0, 0.05) is 43.2 Å². The zero-order chi connectivity index (χ0) is 28.3. The lowest BCUT2D eigenvalue weighted by atomic mass is 10.1. The Bertz CT molecular complexity index is 2380. The van der Waals surface area contributed by atoms with Gasteiger partial charge in [0.05, 0.1) is 14.9 Å². The molecule has 0 saturated carbocycles. The molecule has 0 unspecified atom stereocenters. The lowest BCUT2D eigenvalue weighted by molar-refractivity contribution is 1.07. The predicted octanol–water partition coefficient (Wildman–Crippen LogP) is 10.4. The highest BCUT2D eigenvalue weighted by Gasteiger charge is 2.22. The lowest BCUT2D eigenvalue weighted by Crippen LogP contribution is -2.00. The molecular weight excluding hydrogens is 565 g/mol. The van der Waals surface area contributed by atoms with E-state index in [2.05, 4.69) is 77.4 Å². The number of fused-ring (bicyclic) bond motifs is 7. The summed E-state index contributed by atoms with van der Waals surface area (Å²) in [6.07, 6.45) is 0. The van der Waals surface area contributed by atoms with Gasteiger partial charge in [0.2, 0.25) is 0 Å². The van der Waals surface area contributed by atoms with Gasteiger partial charge in [0.1, 0.15) is 4.83 Å². The number of rotatable bonds is 4. The highest BCUT2D eigenvalue weighted by molar-refractivity contribution is 7.36. The van der Waals surface area contributed by atoms with Crippen LogP contribution >= 0.6 is 22.7 Å². The molecule has 0 bridgehead atoms. The Balaban J connectivity index is 1.34. The summed E-state index contributed by atoms with van der Waals surface area (Å²) in [5.41, 5.74) is 5.23. The zero-order valence-corrected chi connectivity index (χ0v) is 24.4. The Morgan fingerprint density at radius 3 is 1.72 bits per heavy atom. The Morgan fingerprint density at radius 1 is 0.465 bits per heavy atom. The lowest BCUT2D eigenvalue weighted by Gasteiger charge is -2.09. The summed E-state index contributed by atoms with van der Waals surface area (Å²) in [6.45, 7) is 0. The highest BCUT2D eigenvalue weighted by atomic mass is 32.1. The molecule has 0 spiro atoms. The summed E-state index contributed by atoms with van der Waals surface area (Å²) in [5, 5.41) is 3.82. The molecule has 0 amide bonds. The van der Waals surface area contributed by atoms with Gasteiger partial charge in [-0.2, -0.15) is 0 Å². The van der Waals surface area contributed by atoms with Gasteiger partial charge in [-0.3, -0.25) is 0 Å². The van der Waals surface area contributed by atoms with Gasteiger partial charge in [0.25, 0.3) is 0 Å². The molecule has 0 radical (unpaired) electrons. The zero-order valence-electron chi connectivity index (χ0n) is 22.8. The molecule has 9 aromatic rings. The molecule has 0 aliphatic carbocycles. The van der Waals surface area contributed by atoms with E-state index in [1.807, 2.05) is 83.3 Å². The van der Waals surface area contributed by atoms with Gasteiger partial charge in [-0.05, 0) is 36.4 Å². The van der Waals surface area contributed by atoms with Crippen LogP contribution in [0.15, 0.2) is 133 Å². The van der Waals surface area contributed by atoms with Crippen LogP contribution in [-0.4, -0.2) is 19.5 Å². The second-order valence-electron chi connectivity index (χ2n) is 10.5. The molecule has 0 fully saturated rings. The van der Waals surface area contributed by atoms with Crippen LogP contribution in [0.25, 0.3) is 80.5 Å². The number of hydrogen-bond donors (Lipinski definition) is 0. The van der Waals surface area contributed by atoms with Crippen molar-refractivity contribution in [3.63, 3.8) is 0 Å². The summed E-state index contributed by atoms with van der Waals surface area (Å²) in [5.74, 6) is 2.00. The predicted molar refractivity (Wildman–Crippen MR) is 181 cm³/mol. The quantitative estimate of drug-likeness (QED) is 0.206. The summed E-state index contributed by atoms with van der Waals surface area (Å²) in [7, 11) is 0. The average Bonchev–Trinajstić information content (AvgIpc) is 3.72. The van der Waals surface area contributed by atoms with E-state index >= 15 is 0 Å². The first kappa shape index (κ1) is 24.4. The Kier molecular flexibility index (Phi) is 5.51. The van der Waals surface area contributed by atoms with Crippen molar-refractivity contribution < 1.29 is 0 Å². The van der Waals surface area contributed by atoms with Crippen LogP contribution in [0.5, 0.6) is 0 Å². The molecule has 4 nitrogen and oxygen atoms in total. The maximum absolute atomic E-state index is 5.01. The Labute approximate surface area is 255 Å². The SMILES string of the molecule is c1ccc(-c2nc(-c3ccccc3)nc(-c3ccc4c(c3)c3c5sc6ccccc6c5sc3n4-c3ccccc3)n2)cc1. The van der Waals surface area contributed by atoms with Crippen molar-refractivity contribution in [1.82, 2.24) is 19.5 Å². The summed E-state index contributed by atoms with van der Waals surface area (Å²) >= 11 is 3.76. The van der Waals surface area contributed by atoms with Crippen LogP contribution in [0.1, 0.15) is 0 Å². The van der Waals surface area contributed by atoms with Gasteiger partial charge in [0.15, 0.2) is 17.5 Å². The second kappa shape index (κ2) is 9.70. The topological polar surface area (TPSA) is 43.6 Å². The minimum atomic E-state index is 0.665. The first-order valence-corrected chi connectivity index (χ1v) is 15.8. The Hall–Kier alpha value is -5.17. The van der Waals surface area contributed by atoms with E-state index in [-0.39, 0.29) is 0 Å². The molecule has 4 heterocycles. The molecule has 4 aromatic heterocycles. The van der Waals surface area contributed by atoms with Crippen molar-refractivity contribution in [2.75, 3.05) is 0 Å². The molecule has 0 atom stereocenters. The second-order valence-corrected chi connectivity index (χ2v) is 12.5. The van der Waals surface area contributed by atoms with E-state index in [0.29, 0.717) is 17.5 Å². The van der Waals surface area contributed by atoms with E-state index < -0.39 is 0 Å². The number of para-hydroxylation sites is 1. The number of hydrogen-bond acceptors (Lipinski definition) is 5. The molecule has 9 rings (SSSR count). The van der Waals surface area contributed by atoms with E-state index in [9.17, 15) is 0 Å². The minimum absolute atomic E-state index is 0.665. The maximum atomic E-state index is 5.01. The monoisotopic (exact) mass is 586 g/mol. The minimum Gasteiger partial charge on any atom is -0.301 e. The van der Waals surface area contributed by atoms with Crippen LogP contribution in [0.4, 0.5) is 0 Å². The van der Waals surface area contributed by atoms with E-state index in [1.54, 1.807) is 0 Å². The molecule has 43 heavy (non-hydrogen) atoms. The van der Waals surface area contributed by atoms with Crippen molar-refractivity contribution in [3.8, 4) is 39.9 Å². The van der Waals surface area contributed by atoms with Crippen molar-refractivity contribution in [2.24, 2.45) is 0 Å². The molecule has 202 valence electrons. The number of thiophene rings is 2. The van der Waals surface area contributed by atoms with Gasteiger partial charge in [-0.15, -0.1) is 22.7 Å². The van der Waals surface area contributed by atoms with Gasteiger partial charge >= 0.3 is 0 Å². The average molecular weight is 587 g/mol.